The molecule has 5 nitrogen and oxygen atoms in total. The number of carbonyl (C=O) groups is 1. The maximum Gasteiger partial charge on any atom is 0.292 e. The molecule has 0 atom stereocenters. The van der Waals surface area contributed by atoms with Crippen LogP contribution >= 0.6 is 11.6 Å². The normalized spacial score (nSPS) is 14.1. The van der Waals surface area contributed by atoms with Crippen molar-refractivity contribution in [1.29, 1.82) is 0 Å². The summed E-state index contributed by atoms with van der Waals surface area (Å²) in [4.78, 5) is 12.8. The zero-order valence-electron chi connectivity index (χ0n) is 12.9. The van der Waals surface area contributed by atoms with Gasteiger partial charge in [0.1, 0.15) is 5.82 Å². The van der Waals surface area contributed by atoms with Gasteiger partial charge in [0.15, 0.2) is 5.69 Å². The minimum absolute atomic E-state index is 0.202. The van der Waals surface area contributed by atoms with Crippen LogP contribution in [0.15, 0.2) is 42.6 Å². The summed E-state index contributed by atoms with van der Waals surface area (Å²) < 4.78 is 15.0. The summed E-state index contributed by atoms with van der Waals surface area (Å²) >= 11 is 5.95. The Morgan fingerprint density at radius 1 is 1.25 bits per heavy atom. The summed E-state index contributed by atoms with van der Waals surface area (Å²) in [5, 5.41) is 8.22. The minimum Gasteiger partial charge on any atom is -0.285 e. The summed E-state index contributed by atoms with van der Waals surface area (Å²) in [6.45, 7) is 0.473. The number of hydrogen-bond donors (Lipinski definition) is 0. The number of rotatable bonds is 1. The molecule has 0 N–H and O–H groups in total. The molecule has 0 unspecified atom stereocenters. The standard InChI is InChI=1S/C17H14ClFN4O/c1-21-16-5-3-13(19)8-11(16)6-7-23(21)17(24)15-9-14-4-2-12(18)10-22(14)20-15/h2-5,8-10H,6-7H2,1H3. The number of pyridine rings is 1. The van der Waals surface area contributed by atoms with Crippen LogP contribution in [-0.4, -0.2) is 34.1 Å². The Balaban J connectivity index is 1.67. The Morgan fingerprint density at radius 3 is 2.92 bits per heavy atom. The van der Waals surface area contributed by atoms with Crippen molar-refractivity contribution in [3.63, 3.8) is 0 Å². The first-order valence-electron chi connectivity index (χ1n) is 7.52. The number of anilines is 1. The highest BCUT2D eigenvalue weighted by Crippen LogP contribution is 2.28. The van der Waals surface area contributed by atoms with Gasteiger partial charge >= 0.3 is 0 Å². The van der Waals surface area contributed by atoms with E-state index in [1.54, 1.807) is 46.0 Å². The van der Waals surface area contributed by atoms with E-state index in [2.05, 4.69) is 5.10 Å². The van der Waals surface area contributed by atoms with Crippen LogP contribution in [0.2, 0.25) is 5.02 Å². The molecule has 122 valence electrons. The molecule has 7 heteroatoms. The van der Waals surface area contributed by atoms with Crippen LogP contribution in [0, 0.1) is 5.82 Å². The van der Waals surface area contributed by atoms with Crippen molar-refractivity contribution in [1.82, 2.24) is 14.6 Å². The van der Waals surface area contributed by atoms with Crippen molar-refractivity contribution in [2.24, 2.45) is 0 Å². The highest BCUT2D eigenvalue weighted by Gasteiger charge is 2.28. The lowest BCUT2D eigenvalue weighted by atomic mass is 10.1. The van der Waals surface area contributed by atoms with E-state index in [1.807, 2.05) is 6.07 Å². The van der Waals surface area contributed by atoms with E-state index < -0.39 is 0 Å². The molecular weight excluding hydrogens is 331 g/mol. The molecule has 24 heavy (non-hydrogen) atoms. The molecule has 3 aromatic rings. The second kappa shape index (κ2) is 5.49. The van der Waals surface area contributed by atoms with E-state index in [0.717, 1.165) is 16.8 Å². The van der Waals surface area contributed by atoms with Crippen molar-refractivity contribution in [3.8, 4) is 0 Å². The van der Waals surface area contributed by atoms with E-state index >= 15 is 0 Å². The number of nitrogens with zero attached hydrogens (tertiary/aromatic N) is 4. The number of fused-ring (bicyclic) bond motifs is 2. The second-order valence-corrected chi connectivity index (χ2v) is 6.16. The zero-order chi connectivity index (χ0) is 16.8. The Labute approximate surface area is 142 Å². The Morgan fingerprint density at radius 2 is 2.08 bits per heavy atom. The van der Waals surface area contributed by atoms with Crippen molar-refractivity contribution in [2.75, 3.05) is 18.6 Å². The number of benzene rings is 1. The third-order valence-corrected chi connectivity index (χ3v) is 4.45. The van der Waals surface area contributed by atoms with Crippen molar-refractivity contribution in [3.05, 3.63) is 64.7 Å². The number of hydrazine groups is 1. The largest absolute Gasteiger partial charge is 0.292 e. The highest BCUT2D eigenvalue weighted by molar-refractivity contribution is 6.30. The van der Waals surface area contributed by atoms with Crippen molar-refractivity contribution >= 4 is 28.7 Å². The van der Waals surface area contributed by atoms with Crippen molar-refractivity contribution in [2.45, 2.75) is 6.42 Å². The molecule has 2 aromatic heterocycles. The molecule has 0 radical (unpaired) electrons. The van der Waals surface area contributed by atoms with Gasteiger partial charge < -0.3 is 0 Å². The summed E-state index contributed by atoms with van der Waals surface area (Å²) in [5.74, 6) is -0.466. The zero-order valence-corrected chi connectivity index (χ0v) is 13.7. The fourth-order valence-corrected chi connectivity index (χ4v) is 3.17. The number of carbonyl (C=O) groups excluding carboxylic acids is 1. The molecular formula is C17H14ClFN4O. The van der Waals surface area contributed by atoms with E-state index in [9.17, 15) is 9.18 Å². The van der Waals surface area contributed by atoms with Crippen LogP contribution < -0.4 is 5.01 Å². The molecule has 0 saturated heterocycles. The predicted octanol–water partition coefficient (Wildman–Crippen LogP) is 3.18. The third-order valence-electron chi connectivity index (χ3n) is 4.22. The summed E-state index contributed by atoms with van der Waals surface area (Å²) in [5.41, 5.74) is 2.85. The molecule has 3 heterocycles. The van der Waals surface area contributed by atoms with Gasteiger partial charge in [-0.15, -0.1) is 0 Å². The van der Waals surface area contributed by atoms with Crippen LogP contribution in [0.25, 0.3) is 5.52 Å². The lowest BCUT2D eigenvalue weighted by molar-refractivity contribution is 0.0732. The first-order chi connectivity index (χ1) is 11.5. The maximum absolute atomic E-state index is 13.4. The van der Waals surface area contributed by atoms with Gasteiger partial charge in [-0.05, 0) is 48.4 Å². The van der Waals surface area contributed by atoms with E-state index in [4.69, 9.17) is 11.6 Å². The number of halogens is 2. The summed E-state index contributed by atoms with van der Waals surface area (Å²) in [6, 6.07) is 9.89. The number of amides is 1. The van der Waals surface area contributed by atoms with Gasteiger partial charge in [0.25, 0.3) is 5.91 Å². The van der Waals surface area contributed by atoms with Gasteiger partial charge in [0.2, 0.25) is 0 Å². The maximum atomic E-state index is 13.4. The minimum atomic E-state index is -0.265. The molecule has 0 bridgehead atoms. The van der Waals surface area contributed by atoms with Gasteiger partial charge in [-0.1, -0.05) is 11.6 Å². The Hall–Kier alpha value is -2.60. The first kappa shape index (κ1) is 15.0. The molecule has 1 aliphatic heterocycles. The van der Waals surface area contributed by atoms with Crippen molar-refractivity contribution < 1.29 is 9.18 Å². The lowest BCUT2D eigenvalue weighted by Crippen LogP contribution is -2.48. The summed E-state index contributed by atoms with van der Waals surface area (Å²) in [7, 11) is 1.79. The fourth-order valence-electron chi connectivity index (χ4n) is 3.01. The van der Waals surface area contributed by atoms with Gasteiger partial charge in [0.05, 0.1) is 16.2 Å². The van der Waals surface area contributed by atoms with Crippen LogP contribution in [0.4, 0.5) is 10.1 Å². The molecule has 1 amide bonds. The third kappa shape index (κ3) is 2.39. The van der Waals surface area contributed by atoms with E-state index in [1.165, 1.54) is 12.1 Å². The van der Waals surface area contributed by atoms with Crippen LogP contribution in [-0.2, 0) is 6.42 Å². The van der Waals surface area contributed by atoms with E-state index in [-0.39, 0.29) is 11.7 Å². The Bertz CT molecular complexity index is 955. The Kier molecular flexibility index (Phi) is 3.42. The molecule has 0 saturated carbocycles. The molecule has 0 aliphatic carbocycles. The lowest BCUT2D eigenvalue weighted by Gasteiger charge is -2.38. The first-order valence-corrected chi connectivity index (χ1v) is 7.89. The average molecular weight is 345 g/mol. The van der Waals surface area contributed by atoms with Gasteiger partial charge in [-0.2, -0.15) is 5.10 Å². The highest BCUT2D eigenvalue weighted by atomic mass is 35.5. The fraction of sp³-hybridized carbons (Fsp3) is 0.176. The van der Waals surface area contributed by atoms with Gasteiger partial charge in [-0.3, -0.25) is 9.80 Å². The average Bonchev–Trinajstić information content (AvgIpc) is 2.97. The number of hydrogen-bond acceptors (Lipinski definition) is 3. The van der Waals surface area contributed by atoms with Gasteiger partial charge in [0, 0.05) is 19.8 Å². The van der Waals surface area contributed by atoms with E-state index in [0.29, 0.717) is 23.7 Å². The monoisotopic (exact) mass is 344 g/mol. The van der Waals surface area contributed by atoms with Crippen LogP contribution in [0.1, 0.15) is 16.1 Å². The molecule has 0 spiro atoms. The summed E-state index contributed by atoms with van der Waals surface area (Å²) in [6.07, 6.45) is 2.26. The molecule has 4 rings (SSSR count). The predicted molar refractivity (Wildman–Crippen MR) is 89.7 cm³/mol. The SMILES string of the molecule is CN1c2ccc(F)cc2CCN1C(=O)c1cc2ccc(Cl)cn2n1. The molecule has 1 aromatic carbocycles. The molecule has 1 aliphatic rings. The topological polar surface area (TPSA) is 40.9 Å². The molecule has 0 fully saturated rings. The number of aromatic nitrogens is 2. The second-order valence-electron chi connectivity index (χ2n) is 5.72. The smallest absolute Gasteiger partial charge is 0.285 e. The quantitative estimate of drug-likeness (QED) is 0.681. The van der Waals surface area contributed by atoms with Gasteiger partial charge in [-0.25, -0.2) is 13.9 Å². The van der Waals surface area contributed by atoms with Crippen LogP contribution in [0.5, 0.6) is 0 Å². The van der Waals surface area contributed by atoms with Crippen LogP contribution in [0.3, 0.4) is 0 Å².